The molecule has 0 saturated carbocycles. The molecule has 0 aromatic heterocycles. The molecule has 0 bridgehead atoms. The van der Waals surface area contributed by atoms with Crippen LogP contribution in [0.1, 0.15) is 0 Å². The molecule has 0 atom stereocenters. The van der Waals surface area contributed by atoms with E-state index in [0.29, 0.717) is 0 Å². The maximum Gasteiger partial charge on any atom is 2.00 e. The van der Waals surface area contributed by atoms with Crippen molar-refractivity contribution in [2.75, 3.05) is 0 Å². The van der Waals surface area contributed by atoms with Gasteiger partial charge >= 0.3 is 29.9 Å². The van der Waals surface area contributed by atoms with Crippen LogP contribution in [0, 0.1) is 40.8 Å². The van der Waals surface area contributed by atoms with Crippen molar-refractivity contribution in [2.45, 2.75) is 0 Å². The topological polar surface area (TPSA) is 176 Å². The Hall–Kier alpha value is -1.36. The van der Waals surface area contributed by atoms with Crippen molar-refractivity contribution < 1.29 is 34.2 Å². The van der Waals surface area contributed by atoms with E-state index >= 15 is 0 Å². The summed E-state index contributed by atoms with van der Waals surface area (Å²) in [5.41, 5.74) is 0. The maximum atomic E-state index is 8.82. The molecule has 0 aromatic rings. The molecule has 0 N–H and O–H groups in total. The summed E-state index contributed by atoms with van der Waals surface area (Å²) in [7, 11) is 0.725. The van der Waals surface area contributed by atoms with Gasteiger partial charge < -0.3 is 30.6 Å². The Bertz CT molecular complexity index is 117. The number of nitro groups is 1. The van der Waals surface area contributed by atoms with Crippen molar-refractivity contribution in [2.24, 2.45) is 0 Å². The summed E-state index contributed by atoms with van der Waals surface area (Å²) in [6, 6.07) is 0. The second-order valence-electron chi connectivity index (χ2n) is 0.780. The molecule has 13 heteroatoms. The fourth-order valence-corrected chi connectivity index (χ4v) is 0. The van der Waals surface area contributed by atoms with Gasteiger partial charge in [0.25, 0.3) is 0 Å². The minimum atomic E-state index is -1.75. The molecule has 0 aliphatic heterocycles. The first-order valence-electron chi connectivity index (χ1n) is 1.78. The number of hydrogen-bond donors (Lipinski definition) is 0. The van der Waals surface area contributed by atoms with Gasteiger partial charge in [-0.25, -0.2) is 0 Å². The van der Waals surface area contributed by atoms with Crippen molar-refractivity contribution in [3.63, 3.8) is 0 Å². The molecule has 0 aliphatic rings. The zero-order valence-electron chi connectivity index (χ0n) is 5.67. The maximum absolute atomic E-state index is 8.82. The Balaban J connectivity index is -0.0000000450. The van der Waals surface area contributed by atoms with Gasteiger partial charge in [-0.05, 0) is 0 Å². The predicted molar refractivity (Wildman–Crippen MR) is 36.3 cm³/mol. The monoisotopic (exact) mass is 302 g/mol. The van der Waals surface area contributed by atoms with Gasteiger partial charge in [0.1, 0.15) is 0 Å². The van der Waals surface area contributed by atoms with Crippen LogP contribution in [0.2, 0.25) is 0 Å². The second kappa shape index (κ2) is 16.9. The summed E-state index contributed by atoms with van der Waals surface area (Å²) in [5.74, 6) is 0. The van der Waals surface area contributed by atoms with Crippen LogP contribution in [-0.4, -0.2) is 25.2 Å². The van der Waals surface area contributed by atoms with E-state index in [0.717, 1.165) is 10.4 Å². The zero-order chi connectivity index (χ0) is 10.7. The van der Waals surface area contributed by atoms with Crippen LogP contribution in [0.25, 0.3) is 0 Å². The number of nitrogens with zero attached hydrogens (tertiary/aromatic N) is 3. The molecule has 0 unspecified atom stereocenters. The van der Waals surface area contributed by atoms with Gasteiger partial charge in [0.05, 0.1) is 10.2 Å². The average molecular weight is 301 g/mol. The fourth-order valence-electron chi connectivity index (χ4n) is 0. The van der Waals surface area contributed by atoms with Crippen LogP contribution in [-0.2, 0) is 19.5 Å². The summed E-state index contributed by atoms with van der Waals surface area (Å²) in [5, 5.41) is 38.3. The van der Waals surface area contributed by atoms with Gasteiger partial charge in [-0.1, -0.05) is 4.59 Å². The molecule has 0 saturated heterocycles. The van der Waals surface area contributed by atoms with Gasteiger partial charge in [-0.3, -0.25) is 10.1 Å². The molecule has 0 heterocycles. The molecule has 11 nitrogen and oxygen atoms in total. The van der Waals surface area contributed by atoms with E-state index in [2.05, 4.69) is 0 Å². The van der Waals surface area contributed by atoms with Crippen molar-refractivity contribution in [1.29, 1.82) is 0 Å². The van der Waals surface area contributed by atoms with Crippen LogP contribution < -0.4 is 0 Å². The summed E-state index contributed by atoms with van der Waals surface area (Å²) in [6.07, 6.45) is 0. The first-order valence-corrected chi connectivity index (χ1v) is 2.41. The van der Waals surface area contributed by atoms with Gasteiger partial charge in [0.15, 0.2) is 0 Å². The number of rotatable bonds is 0. The van der Waals surface area contributed by atoms with Crippen molar-refractivity contribution in [3.8, 4) is 0 Å². The van der Waals surface area contributed by atoms with Gasteiger partial charge in [0.2, 0.25) is 0 Å². The van der Waals surface area contributed by atoms with Crippen LogP contribution >= 0.6 is 0 Å². The summed E-state index contributed by atoms with van der Waals surface area (Å²) in [4.78, 5) is 25.3. The van der Waals surface area contributed by atoms with E-state index in [4.69, 9.17) is 40.8 Å². The van der Waals surface area contributed by atoms with E-state index in [9.17, 15) is 0 Å². The van der Waals surface area contributed by atoms with Gasteiger partial charge in [0, 0.05) is 0 Å². The van der Waals surface area contributed by atoms with E-state index in [1.54, 1.807) is 0 Å². The Morgan fingerprint density at radius 3 is 0.769 bits per heavy atom. The Morgan fingerprint density at radius 2 is 0.769 bits per heavy atom. The van der Waals surface area contributed by atoms with Gasteiger partial charge in [-0.2, -0.15) is 0 Å². The van der Waals surface area contributed by atoms with Crippen molar-refractivity contribution in [3.05, 3.63) is 40.8 Å². The Labute approximate surface area is 86.0 Å². The van der Waals surface area contributed by atoms with E-state index in [1.807, 2.05) is 0 Å². The Morgan fingerprint density at radius 1 is 0.769 bits per heavy atom. The van der Waals surface area contributed by atoms with E-state index in [-0.39, 0.29) is 19.5 Å². The molecule has 0 aromatic carbocycles. The first-order chi connectivity index (χ1) is 5.20. The smallest absolute Gasteiger partial charge is 0.356 e. The second-order valence-corrected chi connectivity index (χ2v) is 1.30. The van der Waals surface area contributed by atoms with Crippen molar-refractivity contribution >= 4 is 10.4 Å². The van der Waals surface area contributed by atoms with Crippen LogP contribution in [0.3, 0.4) is 0 Å². The third kappa shape index (κ3) is 430. The molecular formula is H2N3O8RuSi. The molecule has 0 rings (SSSR count). The normalized spacial score (nSPS) is 5.62. The molecule has 13 heavy (non-hydrogen) atoms. The van der Waals surface area contributed by atoms with E-state index in [1.165, 1.54) is 0 Å². The molecule has 0 spiro atoms. The third-order valence-electron chi connectivity index (χ3n) is 0. The minimum Gasteiger partial charge on any atom is -0.356 e. The SMILES string of the molecule is O=[N+]([O-])[O-].O=[N+]([O-])[O-].O=[N+]([O-])[SiH2].[Ru+2]. The summed E-state index contributed by atoms with van der Waals surface area (Å²) < 4.78 is -0.472. The molecular weight excluding hydrogens is 299 g/mol. The zero-order valence-corrected chi connectivity index (χ0v) is 8.82. The van der Waals surface area contributed by atoms with Crippen LogP contribution in [0.5, 0.6) is 0 Å². The minimum absolute atomic E-state index is 0. The molecule has 0 fully saturated rings. The summed E-state index contributed by atoms with van der Waals surface area (Å²) >= 11 is 0. The predicted octanol–water partition coefficient (Wildman–Crippen LogP) is -1.67. The first kappa shape index (κ1) is 22.6. The quantitative estimate of drug-likeness (QED) is 0.289. The average Bonchev–Trinajstić information content (AvgIpc) is 1.54. The fraction of sp³-hybridized carbons (Fsp3) is 0. The summed E-state index contributed by atoms with van der Waals surface area (Å²) in [6.45, 7) is 0. The molecule has 1 radical (unpaired) electrons. The number of hydrogen-bond acceptors (Lipinski definition) is 8. The molecule has 77 valence electrons. The Kier molecular flexibility index (Phi) is 29.4. The molecule has 0 amide bonds. The van der Waals surface area contributed by atoms with Crippen LogP contribution in [0.15, 0.2) is 0 Å². The third-order valence-corrected chi connectivity index (χ3v) is 0. The molecule has 0 aliphatic carbocycles. The van der Waals surface area contributed by atoms with Gasteiger partial charge in [-0.15, -0.1) is 0 Å². The standard InChI is InChI=1S/2NO3.H2NO2Si.Ru/c3*2-1(3)4;/h;;4H2;/q2*-1;;+2. The van der Waals surface area contributed by atoms with E-state index < -0.39 is 14.8 Å². The van der Waals surface area contributed by atoms with Crippen LogP contribution in [0.4, 0.5) is 0 Å². The van der Waals surface area contributed by atoms with Crippen molar-refractivity contribution in [1.82, 2.24) is 0 Å². The largest absolute Gasteiger partial charge is 2.00 e.